The maximum absolute atomic E-state index is 12.6. The second-order valence-corrected chi connectivity index (χ2v) is 6.72. The molecule has 1 atom stereocenters. The lowest BCUT2D eigenvalue weighted by atomic mass is 10.1. The number of methoxy groups -OCH3 is 1. The van der Waals surface area contributed by atoms with Gasteiger partial charge in [0.25, 0.3) is 0 Å². The minimum Gasteiger partial charge on any atom is -0.496 e. The first-order valence-electron chi connectivity index (χ1n) is 8.33. The Morgan fingerprint density at radius 2 is 2.12 bits per heavy atom. The summed E-state index contributed by atoms with van der Waals surface area (Å²) in [6, 6.07) is 9.56. The number of rotatable bonds is 7. The smallest absolute Gasteiger partial charge is 0.248 e. The van der Waals surface area contributed by atoms with E-state index >= 15 is 0 Å². The number of benzene rings is 1. The Hall–Kier alpha value is -2.67. The minimum atomic E-state index is -0.0947. The normalized spacial score (nSPS) is 12.0. The van der Waals surface area contributed by atoms with E-state index in [0.29, 0.717) is 24.6 Å². The van der Waals surface area contributed by atoms with E-state index in [1.807, 2.05) is 48.0 Å². The van der Waals surface area contributed by atoms with Crippen LogP contribution >= 0.6 is 11.3 Å². The predicted octanol–water partition coefficient (Wildman–Crippen LogP) is 3.96. The Labute approximate surface area is 156 Å². The Morgan fingerprint density at radius 3 is 2.85 bits per heavy atom. The molecular weight excluding hydrogens is 350 g/mol. The number of aryl methyl sites for hydroxylation is 1. The fourth-order valence-electron chi connectivity index (χ4n) is 2.68. The van der Waals surface area contributed by atoms with Gasteiger partial charge in [0.2, 0.25) is 17.7 Å². The van der Waals surface area contributed by atoms with Gasteiger partial charge in [-0.1, -0.05) is 18.2 Å². The number of hydrogen-bond acceptors (Lipinski definition) is 6. The van der Waals surface area contributed by atoms with Crippen LogP contribution in [0.3, 0.4) is 0 Å². The van der Waals surface area contributed by atoms with E-state index in [-0.39, 0.29) is 11.9 Å². The molecule has 0 saturated carbocycles. The van der Waals surface area contributed by atoms with Crippen molar-refractivity contribution in [3.63, 3.8) is 0 Å². The summed E-state index contributed by atoms with van der Waals surface area (Å²) >= 11 is 1.57. The minimum absolute atomic E-state index is 0.0127. The van der Waals surface area contributed by atoms with E-state index in [9.17, 15) is 4.79 Å². The molecule has 3 rings (SSSR count). The molecule has 0 fully saturated rings. The van der Waals surface area contributed by atoms with Gasteiger partial charge in [0.15, 0.2) is 0 Å². The summed E-state index contributed by atoms with van der Waals surface area (Å²) in [6.45, 7) is 1.98. The lowest BCUT2D eigenvalue weighted by Crippen LogP contribution is -2.30. The van der Waals surface area contributed by atoms with Crippen molar-refractivity contribution in [3.8, 4) is 17.2 Å². The van der Waals surface area contributed by atoms with Gasteiger partial charge in [0, 0.05) is 36.4 Å². The standard InChI is InChI=1S/C19H21N3O3S/c1-13(15-6-4-5-7-16(15)24-3)22(2)18(23)9-8-17-20-21-19(25-17)14-10-11-26-12-14/h4-7,10-13H,8-9H2,1-3H3. The molecule has 1 amide bonds. The molecule has 0 saturated heterocycles. The van der Waals surface area contributed by atoms with E-state index < -0.39 is 0 Å². The average Bonchev–Trinajstić information content (AvgIpc) is 3.36. The van der Waals surface area contributed by atoms with Crippen LogP contribution in [0.1, 0.15) is 30.8 Å². The second kappa shape index (κ2) is 8.14. The molecule has 2 aromatic heterocycles. The highest BCUT2D eigenvalue weighted by atomic mass is 32.1. The predicted molar refractivity (Wildman–Crippen MR) is 100 cm³/mol. The molecule has 0 aliphatic heterocycles. The number of amides is 1. The summed E-state index contributed by atoms with van der Waals surface area (Å²) in [4.78, 5) is 14.3. The van der Waals surface area contributed by atoms with E-state index in [4.69, 9.17) is 9.15 Å². The van der Waals surface area contributed by atoms with Crippen molar-refractivity contribution in [1.82, 2.24) is 15.1 Å². The van der Waals surface area contributed by atoms with Crippen LogP contribution in [-0.4, -0.2) is 35.2 Å². The number of hydrogen-bond donors (Lipinski definition) is 0. The van der Waals surface area contributed by atoms with E-state index in [2.05, 4.69) is 10.2 Å². The van der Waals surface area contributed by atoms with Gasteiger partial charge >= 0.3 is 0 Å². The van der Waals surface area contributed by atoms with Crippen molar-refractivity contribution < 1.29 is 13.9 Å². The molecule has 6 nitrogen and oxygen atoms in total. The number of carbonyl (C=O) groups excluding carboxylic acids is 1. The number of aromatic nitrogens is 2. The molecule has 3 aromatic rings. The Balaban J connectivity index is 1.61. The quantitative estimate of drug-likeness (QED) is 0.629. The molecule has 0 spiro atoms. The van der Waals surface area contributed by atoms with Crippen molar-refractivity contribution in [2.75, 3.05) is 14.2 Å². The second-order valence-electron chi connectivity index (χ2n) is 5.94. The molecule has 26 heavy (non-hydrogen) atoms. The number of ether oxygens (including phenoxy) is 1. The molecule has 0 N–H and O–H groups in total. The first-order valence-corrected chi connectivity index (χ1v) is 9.28. The highest BCUT2D eigenvalue weighted by Gasteiger charge is 2.21. The van der Waals surface area contributed by atoms with E-state index in [1.165, 1.54) is 0 Å². The Bertz CT molecular complexity index is 861. The van der Waals surface area contributed by atoms with Gasteiger partial charge in [0.05, 0.1) is 13.2 Å². The summed E-state index contributed by atoms with van der Waals surface area (Å²) in [5, 5.41) is 12.0. The van der Waals surface area contributed by atoms with Gasteiger partial charge < -0.3 is 14.1 Å². The van der Waals surface area contributed by atoms with Gasteiger partial charge in [-0.2, -0.15) is 11.3 Å². The zero-order valence-corrected chi connectivity index (χ0v) is 15.8. The van der Waals surface area contributed by atoms with Crippen LogP contribution in [0, 0.1) is 0 Å². The summed E-state index contributed by atoms with van der Waals surface area (Å²) in [5.41, 5.74) is 1.88. The number of para-hydroxylation sites is 1. The average molecular weight is 371 g/mol. The van der Waals surface area contributed by atoms with Crippen molar-refractivity contribution in [2.24, 2.45) is 0 Å². The Morgan fingerprint density at radius 1 is 1.31 bits per heavy atom. The van der Waals surface area contributed by atoms with Crippen LogP contribution in [0.15, 0.2) is 45.5 Å². The lowest BCUT2D eigenvalue weighted by Gasteiger charge is -2.26. The number of thiophene rings is 1. The summed E-state index contributed by atoms with van der Waals surface area (Å²) in [7, 11) is 3.43. The van der Waals surface area contributed by atoms with E-state index in [0.717, 1.165) is 16.9 Å². The molecule has 1 aromatic carbocycles. The molecule has 7 heteroatoms. The van der Waals surface area contributed by atoms with Gasteiger partial charge in [-0.15, -0.1) is 10.2 Å². The largest absolute Gasteiger partial charge is 0.496 e. The summed E-state index contributed by atoms with van der Waals surface area (Å²) in [5.74, 6) is 1.75. The van der Waals surface area contributed by atoms with Crippen molar-refractivity contribution in [1.29, 1.82) is 0 Å². The van der Waals surface area contributed by atoms with Crippen molar-refractivity contribution >= 4 is 17.2 Å². The lowest BCUT2D eigenvalue weighted by molar-refractivity contribution is -0.131. The van der Waals surface area contributed by atoms with E-state index in [1.54, 1.807) is 30.4 Å². The summed E-state index contributed by atoms with van der Waals surface area (Å²) < 4.78 is 11.0. The highest BCUT2D eigenvalue weighted by Crippen LogP contribution is 2.28. The summed E-state index contributed by atoms with van der Waals surface area (Å²) in [6.07, 6.45) is 0.722. The molecule has 1 unspecified atom stereocenters. The first kappa shape index (κ1) is 18.1. The fraction of sp³-hybridized carbons (Fsp3) is 0.316. The fourth-order valence-corrected chi connectivity index (χ4v) is 3.31. The molecule has 0 bridgehead atoms. The van der Waals surface area contributed by atoms with Gasteiger partial charge in [-0.05, 0) is 24.4 Å². The molecule has 136 valence electrons. The zero-order valence-electron chi connectivity index (χ0n) is 15.0. The van der Waals surface area contributed by atoms with Crippen LogP contribution in [0.25, 0.3) is 11.5 Å². The van der Waals surface area contributed by atoms with Crippen molar-refractivity contribution in [2.45, 2.75) is 25.8 Å². The third kappa shape index (κ3) is 3.94. The molecule has 0 radical (unpaired) electrons. The van der Waals surface area contributed by atoms with Crippen LogP contribution < -0.4 is 4.74 Å². The van der Waals surface area contributed by atoms with Crippen LogP contribution in [0.2, 0.25) is 0 Å². The van der Waals surface area contributed by atoms with Crippen LogP contribution in [0.5, 0.6) is 5.75 Å². The molecular formula is C19H21N3O3S. The Kier molecular flexibility index (Phi) is 5.68. The van der Waals surface area contributed by atoms with Gasteiger partial charge in [-0.25, -0.2) is 0 Å². The zero-order chi connectivity index (χ0) is 18.5. The molecule has 0 aliphatic carbocycles. The first-order chi connectivity index (χ1) is 12.6. The SMILES string of the molecule is COc1ccccc1C(C)N(C)C(=O)CCc1nnc(-c2ccsc2)o1. The molecule has 2 heterocycles. The molecule has 0 aliphatic rings. The third-order valence-electron chi connectivity index (χ3n) is 4.35. The number of carbonyl (C=O) groups is 1. The van der Waals surface area contributed by atoms with Gasteiger partial charge in [-0.3, -0.25) is 4.79 Å². The highest BCUT2D eigenvalue weighted by molar-refractivity contribution is 7.08. The maximum Gasteiger partial charge on any atom is 0.248 e. The third-order valence-corrected chi connectivity index (χ3v) is 5.03. The number of nitrogens with zero attached hydrogens (tertiary/aromatic N) is 3. The van der Waals surface area contributed by atoms with Gasteiger partial charge in [0.1, 0.15) is 5.75 Å². The maximum atomic E-state index is 12.6. The topological polar surface area (TPSA) is 68.5 Å². The van der Waals surface area contributed by atoms with Crippen LogP contribution in [0.4, 0.5) is 0 Å². The van der Waals surface area contributed by atoms with Crippen LogP contribution in [-0.2, 0) is 11.2 Å². The van der Waals surface area contributed by atoms with Crippen molar-refractivity contribution in [3.05, 3.63) is 52.5 Å². The monoisotopic (exact) mass is 371 g/mol.